The Morgan fingerprint density at radius 1 is 0.828 bits per heavy atom. The second kappa shape index (κ2) is 8.81. The van der Waals surface area contributed by atoms with Gasteiger partial charge >= 0.3 is 0 Å². The maximum absolute atomic E-state index is 12.4. The lowest BCUT2D eigenvalue weighted by atomic mass is 9.72. The highest BCUT2D eigenvalue weighted by Gasteiger charge is 2.42. The summed E-state index contributed by atoms with van der Waals surface area (Å²) in [6, 6.07) is 28.3. The number of likely N-dealkylation sites (tertiary alicyclic amines) is 1. The molecule has 29 heavy (non-hydrogen) atoms. The number of nitrogens with zero attached hydrogens (tertiary/aromatic N) is 1. The molecule has 2 atom stereocenters. The molecule has 3 aromatic carbocycles. The van der Waals surface area contributed by atoms with Gasteiger partial charge in [0, 0.05) is 12.5 Å². The molecule has 1 aliphatic heterocycles. The van der Waals surface area contributed by atoms with Crippen molar-refractivity contribution in [1.29, 1.82) is 0 Å². The van der Waals surface area contributed by atoms with Gasteiger partial charge in [-0.2, -0.15) is 0 Å². The summed E-state index contributed by atoms with van der Waals surface area (Å²) in [5.41, 5.74) is 1.81. The van der Waals surface area contributed by atoms with E-state index in [1.807, 2.05) is 60.7 Å². The monoisotopic (exact) mass is 387 g/mol. The number of ether oxygens (including phenoxy) is 1. The highest BCUT2D eigenvalue weighted by Crippen LogP contribution is 2.43. The summed E-state index contributed by atoms with van der Waals surface area (Å²) in [6.07, 6.45) is 2.46. The average Bonchev–Trinajstić information content (AvgIpc) is 3.32. The third kappa shape index (κ3) is 4.07. The van der Waals surface area contributed by atoms with Crippen LogP contribution in [0, 0.1) is 0 Å². The first-order valence-corrected chi connectivity index (χ1v) is 10.4. The van der Waals surface area contributed by atoms with Crippen molar-refractivity contribution in [3.8, 4) is 5.75 Å². The van der Waals surface area contributed by atoms with Crippen molar-refractivity contribution in [1.82, 2.24) is 4.90 Å². The molecule has 4 rings (SSSR count). The highest BCUT2D eigenvalue weighted by molar-refractivity contribution is 5.43. The van der Waals surface area contributed by atoms with Crippen molar-refractivity contribution >= 4 is 0 Å². The Labute approximate surface area is 173 Å². The van der Waals surface area contributed by atoms with E-state index >= 15 is 0 Å². The molecule has 1 heterocycles. The van der Waals surface area contributed by atoms with Crippen LogP contribution in [0.5, 0.6) is 5.75 Å². The van der Waals surface area contributed by atoms with E-state index in [2.05, 4.69) is 29.2 Å². The van der Waals surface area contributed by atoms with Gasteiger partial charge in [0.25, 0.3) is 0 Å². The summed E-state index contributed by atoms with van der Waals surface area (Å²) in [7, 11) is 1.67. The number of benzene rings is 3. The first-order valence-electron chi connectivity index (χ1n) is 10.4. The second-order valence-corrected chi connectivity index (χ2v) is 7.83. The summed E-state index contributed by atoms with van der Waals surface area (Å²) in [5.74, 6) is 0.706. The second-order valence-electron chi connectivity index (χ2n) is 7.83. The Morgan fingerprint density at radius 2 is 1.38 bits per heavy atom. The summed E-state index contributed by atoms with van der Waals surface area (Å²) in [5, 5.41) is 12.4. The van der Waals surface area contributed by atoms with Crippen molar-refractivity contribution in [3.63, 3.8) is 0 Å². The number of hydrogen-bond donors (Lipinski definition) is 1. The van der Waals surface area contributed by atoms with Crippen LogP contribution in [-0.4, -0.2) is 36.8 Å². The lowest BCUT2D eigenvalue weighted by Crippen LogP contribution is -2.41. The molecule has 3 nitrogen and oxygen atoms in total. The molecule has 150 valence electrons. The lowest BCUT2D eigenvalue weighted by molar-refractivity contribution is 0.0366. The predicted molar refractivity (Wildman–Crippen MR) is 117 cm³/mol. The van der Waals surface area contributed by atoms with Gasteiger partial charge in [0.1, 0.15) is 11.4 Å². The van der Waals surface area contributed by atoms with Crippen LogP contribution in [0.25, 0.3) is 0 Å². The lowest BCUT2D eigenvalue weighted by Gasteiger charge is -2.39. The minimum Gasteiger partial charge on any atom is -0.497 e. The molecule has 0 amide bonds. The summed E-state index contributed by atoms with van der Waals surface area (Å²) >= 11 is 0. The van der Waals surface area contributed by atoms with Crippen LogP contribution in [0.15, 0.2) is 84.9 Å². The molecule has 0 aliphatic carbocycles. The Balaban J connectivity index is 1.85. The van der Waals surface area contributed by atoms with E-state index in [1.54, 1.807) is 7.11 Å². The highest BCUT2D eigenvalue weighted by atomic mass is 16.5. The number of rotatable bonds is 7. The van der Waals surface area contributed by atoms with E-state index in [-0.39, 0.29) is 5.92 Å². The third-order valence-corrected chi connectivity index (χ3v) is 6.09. The molecule has 3 heteroatoms. The molecular formula is C26H29NO2. The van der Waals surface area contributed by atoms with Gasteiger partial charge in [0.15, 0.2) is 0 Å². The Kier molecular flexibility index (Phi) is 5.98. The fourth-order valence-electron chi connectivity index (χ4n) is 4.49. The Bertz CT molecular complexity index is 889. The quantitative estimate of drug-likeness (QED) is 0.631. The smallest absolute Gasteiger partial charge is 0.123 e. The van der Waals surface area contributed by atoms with Crippen LogP contribution in [0.4, 0.5) is 0 Å². The molecule has 3 aromatic rings. The number of aliphatic hydroxyl groups is 1. The van der Waals surface area contributed by atoms with Crippen LogP contribution < -0.4 is 4.74 Å². The van der Waals surface area contributed by atoms with Gasteiger partial charge in [0.2, 0.25) is 0 Å². The molecule has 0 bridgehead atoms. The molecule has 1 saturated heterocycles. The number of hydrogen-bond acceptors (Lipinski definition) is 3. The van der Waals surface area contributed by atoms with Crippen molar-refractivity contribution < 1.29 is 9.84 Å². The topological polar surface area (TPSA) is 32.7 Å². The molecule has 1 aliphatic rings. The fourth-order valence-corrected chi connectivity index (χ4v) is 4.49. The van der Waals surface area contributed by atoms with E-state index in [0.717, 1.165) is 42.1 Å². The van der Waals surface area contributed by atoms with Crippen LogP contribution in [0.1, 0.15) is 35.4 Å². The minimum absolute atomic E-state index is 0.0856. The van der Waals surface area contributed by atoms with E-state index in [4.69, 9.17) is 4.74 Å². The zero-order valence-corrected chi connectivity index (χ0v) is 17.0. The van der Waals surface area contributed by atoms with Gasteiger partial charge in [-0.25, -0.2) is 0 Å². The molecular weight excluding hydrogens is 358 g/mol. The van der Waals surface area contributed by atoms with Crippen molar-refractivity contribution in [3.05, 3.63) is 102 Å². The zero-order valence-electron chi connectivity index (χ0n) is 17.0. The van der Waals surface area contributed by atoms with Crippen LogP contribution >= 0.6 is 0 Å². The zero-order chi connectivity index (χ0) is 20.1. The summed E-state index contributed by atoms with van der Waals surface area (Å²) in [4.78, 5) is 2.48. The average molecular weight is 388 g/mol. The minimum atomic E-state index is -1.14. The first-order chi connectivity index (χ1) is 14.2. The fraction of sp³-hybridized carbons (Fsp3) is 0.308. The van der Waals surface area contributed by atoms with E-state index in [0.29, 0.717) is 0 Å². The normalized spacial score (nSPS) is 17.6. The van der Waals surface area contributed by atoms with E-state index in [9.17, 15) is 5.11 Å². The van der Waals surface area contributed by atoms with Gasteiger partial charge in [-0.1, -0.05) is 72.8 Å². The maximum Gasteiger partial charge on any atom is 0.123 e. The van der Waals surface area contributed by atoms with Crippen molar-refractivity contribution in [2.45, 2.75) is 24.4 Å². The van der Waals surface area contributed by atoms with Gasteiger partial charge in [-0.05, 0) is 54.8 Å². The van der Waals surface area contributed by atoms with Crippen LogP contribution in [0.3, 0.4) is 0 Å². The maximum atomic E-state index is 12.4. The third-order valence-electron chi connectivity index (χ3n) is 6.09. The van der Waals surface area contributed by atoms with Gasteiger partial charge < -0.3 is 14.7 Å². The molecule has 0 radical (unpaired) electrons. The predicted octanol–water partition coefficient (Wildman–Crippen LogP) is 4.81. The van der Waals surface area contributed by atoms with Gasteiger partial charge in [-0.15, -0.1) is 0 Å². The SMILES string of the molecule is COc1ccc([C@@](O)(c2ccccc2)[C@@H](CN2CCCC2)c2ccccc2)cc1. The van der Waals surface area contributed by atoms with Crippen LogP contribution in [-0.2, 0) is 5.60 Å². The van der Waals surface area contributed by atoms with E-state index in [1.165, 1.54) is 12.8 Å². The summed E-state index contributed by atoms with van der Waals surface area (Å²) < 4.78 is 5.35. The summed E-state index contributed by atoms with van der Waals surface area (Å²) in [6.45, 7) is 3.01. The molecule has 0 saturated carbocycles. The van der Waals surface area contributed by atoms with Gasteiger partial charge in [0.05, 0.1) is 7.11 Å². The van der Waals surface area contributed by atoms with Crippen molar-refractivity contribution in [2.24, 2.45) is 0 Å². The standard InChI is InChI=1S/C26H29NO2/c1-29-24-16-14-23(15-17-24)26(28,22-12-6-3-7-13-22)25(20-27-18-8-9-19-27)21-10-4-2-5-11-21/h2-7,10-17,25,28H,8-9,18-20H2,1H3/t25-,26-/m0/s1. The largest absolute Gasteiger partial charge is 0.497 e. The Hall–Kier alpha value is -2.62. The number of methoxy groups -OCH3 is 1. The molecule has 1 N–H and O–H groups in total. The van der Waals surface area contributed by atoms with Crippen molar-refractivity contribution in [2.75, 3.05) is 26.7 Å². The molecule has 0 unspecified atom stereocenters. The Morgan fingerprint density at radius 3 is 1.97 bits per heavy atom. The van der Waals surface area contributed by atoms with Gasteiger partial charge in [-0.3, -0.25) is 0 Å². The molecule has 1 fully saturated rings. The molecule has 0 spiro atoms. The first kappa shape index (κ1) is 19.7. The van der Waals surface area contributed by atoms with E-state index < -0.39 is 5.60 Å². The molecule has 0 aromatic heterocycles. The van der Waals surface area contributed by atoms with Crippen LogP contribution in [0.2, 0.25) is 0 Å².